The van der Waals surface area contributed by atoms with Crippen molar-refractivity contribution in [1.29, 1.82) is 0 Å². The van der Waals surface area contributed by atoms with Crippen molar-refractivity contribution in [3.8, 4) is 0 Å². The molecule has 1 saturated heterocycles. The highest BCUT2D eigenvalue weighted by Gasteiger charge is 2.37. The molecule has 1 aromatic heterocycles. The van der Waals surface area contributed by atoms with Gasteiger partial charge >= 0.3 is 6.18 Å². The summed E-state index contributed by atoms with van der Waals surface area (Å²) in [4.78, 5) is 0. The van der Waals surface area contributed by atoms with Crippen molar-refractivity contribution < 1.29 is 17.9 Å². The third-order valence-electron chi connectivity index (χ3n) is 2.24. The van der Waals surface area contributed by atoms with E-state index in [1.807, 2.05) is 0 Å². The zero-order valence-corrected chi connectivity index (χ0v) is 9.75. The average Bonchev–Trinajstić information content (AvgIpc) is 2.68. The summed E-state index contributed by atoms with van der Waals surface area (Å²) < 4.78 is 43.9. The van der Waals surface area contributed by atoms with Gasteiger partial charge in [-0.25, -0.2) is 0 Å². The van der Waals surface area contributed by atoms with Crippen molar-refractivity contribution in [2.24, 2.45) is 0 Å². The van der Waals surface area contributed by atoms with E-state index >= 15 is 0 Å². The lowest BCUT2D eigenvalue weighted by atomic mass is 10.3. The first-order valence-corrected chi connectivity index (χ1v) is 5.46. The molecule has 0 aromatic carbocycles. The smallest absolute Gasteiger partial charge is 0.379 e. The maximum Gasteiger partial charge on any atom is 0.436 e. The highest BCUT2D eigenvalue weighted by Crippen LogP contribution is 2.32. The van der Waals surface area contributed by atoms with E-state index in [0.717, 1.165) is 6.42 Å². The van der Waals surface area contributed by atoms with E-state index in [9.17, 15) is 13.2 Å². The van der Waals surface area contributed by atoms with Gasteiger partial charge in [0.05, 0.1) is 16.2 Å². The van der Waals surface area contributed by atoms with Gasteiger partial charge in [-0.3, -0.25) is 4.68 Å². The Morgan fingerprint density at radius 2 is 2.27 bits per heavy atom. The molecule has 1 unspecified atom stereocenters. The van der Waals surface area contributed by atoms with Gasteiger partial charge in [0.1, 0.15) is 0 Å². The molecule has 2 rings (SSSR count). The summed E-state index contributed by atoms with van der Waals surface area (Å²) in [5.41, 5.74) is -0.810. The Morgan fingerprint density at radius 1 is 1.53 bits per heavy atom. The van der Waals surface area contributed by atoms with Crippen LogP contribution in [0.25, 0.3) is 0 Å². The predicted molar refractivity (Wildman–Crippen MR) is 54.4 cm³/mol. The Hall–Kier alpha value is -0.310. The average molecular weight is 332 g/mol. The molecule has 1 aliphatic rings. The summed E-state index contributed by atoms with van der Waals surface area (Å²) in [5.74, 6) is 0. The lowest BCUT2D eigenvalue weighted by Crippen LogP contribution is -2.12. The Labute approximate surface area is 97.7 Å². The second-order valence-electron chi connectivity index (χ2n) is 3.32. The fraction of sp³-hybridized carbons (Fsp3) is 0.625. The fourth-order valence-electron chi connectivity index (χ4n) is 1.48. The standard InChI is InChI=1S/C8H8F3IN2O/c9-8(10,11)7-6(12)3-14(13-7)5-1-2-15-4-5/h3,5H,1-2,4H2. The zero-order chi connectivity index (χ0) is 11.1. The highest BCUT2D eigenvalue weighted by molar-refractivity contribution is 14.1. The van der Waals surface area contributed by atoms with Crippen LogP contribution in [0.15, 0.2) is 6.20 Å². The normalized spacial score (nSPS) is 22.3. The van der Waals surface area contributed by atoms with E-state index < -0.39 is 11.9 Å². The molecule has 84 valence electrons. The lowest BCUT2D eigenvalue weighted by Gasteiger charge is -2.07. The third kappa shape index (κ3) is 2.27. The maximum atomic E-state index is 12.4. The van der Waals surface area contributed by atoms with Crippen molar-refractivity contribution in [1.82, 2.24) is 9.78 Å². The van der Waals surface area contributed by atoms with Gasteiger partial charge in [-0.15, -0.1) is 0 Å². The molecule has 1 aliphatic heterocycles. The summed E-state index contributed by atoms with van der Waals surface area (Å²) in [7, 11) is 0. The van der Waals surface area contributed by atoms with E-state index in [1.165, 1.54) is 10.9 Å². The van der Waals surface area contributed by atoms with Crippen molar-refractivity contribution >= 4 is 22.6 Å². The van der Waals surface area contributed by atoms with Gasteiger partial charge in [0, 0.05) is 12.8 Å². The minimum atomic E-state index is -4.37. The molecule has 15 heavy (non-hydrogen) atoms. The van der Waals surface area contributed by atoms with Gasteiger partial charge in [0.2, 0.25) is 0 Å². The minimum Gasteiger partial charge on any atom is -0.379 e. The molecule has 1 fully saturated rings. The zero-order valence-electron chi connectivity index (χ0n) is 7.59. The molecule has 0 spiro atoms. The van der Waals surface area contributed by atoms with Crippen LogP contribution in [0.3, 0.4) is 0 Å². The van der Waals surface area contributed by atoms with Crippen molar-refractivity contribution in [3.05, 3.63) is 15.5 Å². The topological polar surface area (TPSA) is 27.1 Å². The van der Waals surface area contributed by atoms with Crippen LogP contribution >= 0.6 is 22.6 Å². The summed E-state index contributed by atoms with van der Waals surface area (Å²) in [6.45, 7) is 1.03. The number of hydrogen-bond donors (Lipinski definition) is 0. The predicted octanol–water partition coefficient (Wildman–Crippen LogP) is 2.47. The van der Waals surface area contributed by atoms with Crippen LogP contribution in [0.4, 0.5) is 13.2 Å². The first-order chi connectivity index (χ1) is 6.98. The third-order valence-corrected chi connectivity index (χ3v) is 3.03. The van der Waals surface area contributed by atoms with Crippen LogP contribution in [0.1, 0.15) is 18.2 Å². The van der Waals surface area contributed by atoms with Crippen LogP contribution in [-0.2, 0) is 10.9 Å². The fourth-order valence-corrected chi connectivity index (χ4v) is 2.18. The minimum absolute atomic E-state index is 0.0605. The van der Waals surface area contributed by atoms with Crippen LogP contribution in [0.2, 0.25) is 0 Å². The Bertz CT molecular complexity index is 357. The Balaban J connectivity index is 2.28. The summed E-state index contributed by atoms with van der Waals surface area (Å²) >= 11 is 1.65. The van der Waals surface area contributed by atoms with Gasteiger partial charge in [-0.1, -0.05) is 0 Å². The van der Waals surface area contributed by atoms with Gasteiger partial charge in [-0.05, 0) is 29.0 Å². The SMILES string of the molecule is FC(F)(F)c1nn(C2CCOC2)cc1I. The highest BCUT2D eigenvalue weighted by atomic mass is 127. The number of alkyl halides is 3. The molecule has 0 amide bonds. The van der Waals surface area contributed by atoms with E-state index in [-0.39, 0.29) is 9.61 Å². The summed E-state index contributed by atoms with van der Waals surface area (Å²) in [5, 5.41) is 3.57. The molecule has 0 N–H and O–H groups in total. The van der Waals surface area contributed by atoms with E-state index in [2.05, 4.69) is 5.10 Å². The molecule has 0 bridgehead atoms. The number of halogens is 4. The molecule has 1 atom stereocenters. The van der Waals surface area contributed by atoms with Crippen LogP contribution in [-0.4, -0.2) is 23.0 Å². The van der Waals surface area contributed by atoms with E-state index in [1.54, 1.807) is 22.6 Å². The Morgan fingerprint density at radius 3 is 2.73 bits per heavy atom. The lowest BCUT2D eigenvalue weighted by molar-refractivity contribution is -0.142. The number of hydrogen-bond acceptors (Lipinski definition) is 2. The summed E-state index contributed by atoms with van der Waals surface area (Å²) in [6.07, 6.45) is -2.24. The molecular weight excluding hydrogens is 324 g/mol. The number of ether oxygens (including phenoxy) is 1. The molecule has 0 radical (unpaired) electrons. The Kier molecular flexibility index (Phi) is 2.93. The molecule has 1 aromatic rings. The molecule has 7 heteroatoms. The molecule has 2 heterocycles. The number of aromatic nitrogens is 2. The molecule has 0 aliphatic carbocycles. The first-order valence-electron chi connectivity index (χ1n) is 4.38. The van der Waals surface area contributed by atoms with Gasteiger partial charge in [0.15, 0.2) is 5.69 Å². The van der Waals surface area contributed by atoms with Gasteiger partial charge in [-0.2, -0.15) is 18.3 Å². The summed E-state index contributed by atoms with van der Waals surface area (Å²) in [6, 6.07) is -0.0605. The van der Waals surface area contributed by atoms with Crippen LogP contribution < -0.4 is 0 Å². The molecular formula is C8H8F3IN2O. The van der Waals surface area contributed by atoms with E-state index in [0.29, 0.717) is 13.2 Å². The van der Waals surface area contributed by atoms with Crippen molar-refractivity contribution in [2.75, 3.05) is 13.2 Å². The largest absolute Gasteiger partial charge is 0.436 e. The monoisotopic (exact) mass is 332 g/mol. The second-order valence-corrected chi connectivity index (χ2v) is 4.48. The number of rotatable bonds is 1. The van der Waals surface area contributed by atoms with Gasteiger partial charge < -0.3 is 4.74 Å². The quantitative estimate of drug-likeness (QED) is 0.739. The molecule has 0 saturated carbocycles. The number of nitrogens with zero attached hydrogens (tertiary/aromatic N) is 2. The second kappa shape index (κ2) is 3.93. The van der Waals surface area contributed by atoms with Gasteiger partial charge in [0.25, 0.3) is 0 Å². The van der Waals surface area contributed by atoms with E-state index in [4.69, 9.17) is 4.74 Å². The maximum absolute atomic E-state index is 12.4. The van der Waals surface area contributed by atoms with Crippen LogP contribution in [0.5, 0.6) is 0 Å². The first kappa shape index (κ1) is 11.2. The van der Waals surface area contributed by atoms with Crippen LogP contribution in [0, 0.1) is 3.57 Å². The van der Waals surface area contributed by atoms with Crippen molar-refractivity contribution in [2.45, 2.75) is 18.6 Å². The molecule has 3 nitrogen and oxygen atoms in total. The van der Waals surface area contributed by atoms with Crippen molar-refractivity contribution in [3.63, 3.8) is 0 Å².